The maximum absolute atomic E-state index is 6.00. The fourth-order valence-corrected chi connectivity index (χ4v) is 2.40. The standard InChI is InChI=1S/C13H20N2O/c1-16-10-13-7-12(14)9-15(13)8-11-5-3-2-4-6-11/h2-6,12-13H,7-10,14H2,1H3/t12-,13+/m0/s1. The second-order valence-corrected chi connectivity index (χ2v) is 4.52. The molecular formula is C13H20N2O. The van der Waals surface area contributed by atoms with Gasteiger partial charge < -0.3 is 10.5 Å². The van der Waals surface area contributed by atoms with Crippen LogP contribution in [-0.2, 0) is 11.3 Å². The quantitative estimate of drug-likeness (QED) is 0.829. The number of hydrogen-bond donors (Lipinski definition) is 1. The first-order chi connectivity index (χ1) is 7.79. The summed E-state index contributed by atoms with van der Waals surface area (Å²) in [6, 6.07) is 11.3. The third-order valence-corrected chi connectivity index (χ3v) is 3.15. The Labute approximate surface area is 97.2 Å². The topological polar surface area (TPSA) is 38.5 Å². The van der Waals surface area contributed by atoms with Crippen molar-refractivity contribution in [3.05, 3.63) is 35.9 Å². The van der Waals surface area contributed by atoms with Gasteiger partial charge in [0, 0.05) is 32.3 Å². The van der Waals surface area contributed by atoms with E-state index in [0.29, 0.717) is 12.1 Å². The van der Waals surface area contributed by atoms with Crippen molar-refractivity contribution in [3.63, 3.8) is 0 Å². The van der Waals surface area contributed by atoms with E-state index < -0.39 is 0 Å². The lowest BCUT2D eigenvalue weighted by molar-refractivity contribution is 0.112. The fourth-order valence-electron chi connectivity index (χ4n) is 2.40. The predicted octanol–water partition coefficient (Wildman–Crippen LogP) is 1.23. The van der Waals surface area contributed by atoms with E-state index >= 15 is 0 Å². The Morgan fingerprint density at radius 2 is 2.12 bits per heavy atom. The van der Waals surface area contributed by atoms with Gasteiger partial charge in [0.2, 0.25) is 0 Å². The van der Waals surface area contributed by atoms with Crippen LogP contribution in [-0.4, -0.2) is 37.2 Å². The zero-order valence-electron chi connectivity index (χ0n) is 9.80. The molecule has 1 heterocycles. The molecular weight excluding hydrogens is 200 g/mol. The van der Waals surface area contributed by atoms with E-state index in [-0.39, 0.29) is 0 Å². The highest BCUT2D eigenvalue weighted by Gasteiger charge is 2.29. The molecule has 0 spiro atoms. The molecule has 16 heavy (non-hydrogen) atoms. The number of benzene rings is 1. The number of nitrogens with zero attached hydrogens (tertiary/aromatic N) is 1. The van der Waals surface area contributed by atoms with Gasteiger partial charge in [-0.3, -0.25) is 4.90 Å². The lowest BCUT2D eigenvalue weighted by atomic mass is 10.2. The Kier molecular flexibility index (Phi) is 3.93. The van der Waals surface area contributed by atoms with E-state index in [4.69, 9.17) is 10.5 Å². The molecule has 2 N–H and O–H groups in total. The highest BCUT2D eigenvalue weighted by Crippen LogP contribution is 2.19. The number of hydrogen-bond acceptors (Lipinski definition) is 3. The second-order valence-electron chi connectivity index (χ2n) is 4.52. The molecule has 1 aromatic rings. The molecule has 2 rings (SSSR count). The summed E-state index contributed by atoms with van der Waals surface area (Å²) in [7, 11) is 1.75. The smallest absolute Gasteiger partial charge is 0.0618 e. The van der Waals surface area contributed by atoms with Gasteiger partial charge in [-0.2, -0.15) is 0 Å². The van der Waals surface area contributed by atoms with Crippen LogP contribution in [0.3, 0.4) is 0 Å². The van der Waals surface area contributed by atoms with Crippen LogP contribution in [0.15, 0.2) is 30.3 Å². The predicted molar refractivity (Wildman–Crippen MR) is 65.1 cm³/mol. The van der Waals surface area contributed by atoms with Gasteiger partial charge in [0.15, 0.2) is 0 Å². The molecule has 0 radical (unpaired) electrons. The van der Waals surface area contributed by atoms with Gasteiger partial charge in [-0.05, 0) is 12.0 Å². The Hall–Kier alpha value is -0.900. The van der Waals surface area contributed by atoms with Crippen molar-refractivity contribution in [2.45, 2.75) is 25.0 Å². The molecule has 0 amide bonds. The Balaban J connectivity index is 1.97. The lowest BCUT2D eigenvalue weighted by Gasteiger charge is -2.23. The van der Waals surface area contributed by atoms with Gasteiger partial charge in [0.1, 0.15) is 0 Å². The minimum Gasteiger partial charge on any atom is -0.383 e. The van der Waals surface area contributed by atoms with Gasteiger partial charge in [-0.25, -0.2) is 0 Å². The summed E-state index contributed by atoms with van der Waals surface area (Å²) in [6.07, 6.45) is 1.04. The summed E-state index contributed by atoms with van der Waals surface area (Å²) in [5.41, 5.74) is 7.35. The molecule has 3 nitrogen and oxygen atoms in total. The van der Waals surface area contributed by atoms with E-state index in [9.17, 15) is 0 Å². The average molecular weight is 220 g/mol. The molecule has 1 aliphatic rings. The van der Waals surface area contributed by atoms with Gasteiger partial charge >= 0.3 is 0 Å². The molecule has 3 heteroatoms. The molecule has 1 fully saturated rings. The number of ether oxygens (including phenoxy) is 1. The monoisotopic (exact) mass is 220 g/mol. The molecule has 0 saturated carbocycles. The summed E-state index contributed by atoms with van der Waals surface area (Å²) in [4.78, 5) is 2.42. The van der Waals surface area contributed by atoms with Crippen molar-refractivity contribution in [3.8, 4) is 0 Å². The first-order valence-corrected chi connectivity index (χ1v) is 5.82. The van der Waals surface area contributed by atoms with Crippen molar-refractivity contribution < 1.29 is 4.74 Å². The highest BCUT2D eigenvalue weighted by molar-refractivity contribution is 5.15. The summed E-state index contributed by atoms with van der Waals surface area (Å²) >= 11 is 0. The molecule has 2 atom stereocenters. The van der Waals surface area contributed by atoms with Crippen molar-refractivity contribution >= 4 is 0 Å². The second kappa shape index (κ2) is 5.43. The van der Waals surface area contributed by atoms with Crippen LogP contribution in [0.1, 0.15) is 12.0 Å². The lowest BCUT2D eigenvalue weighted by Crippen LogP contribution is -2.32. The van der Waals surface area contributed by atoms with Crippen molar-refractivity contribution in [1.82, 2.24) is 4.90 Å². The number of nitrogens with two attached hydrogens (primary N) is 1. The van der Waals surface area contributed by atoms with Gasteiger partial charge in [-0.1, -0.05) is 30.3 Å². The number of rotatable bonds is 4. The highest BCUT2D eigenvalue weighted by atomic mass is 16.5. The zero-order chi connectivity index (χ0) is 11.4. The van der Waals surface area contributed by atoms with E-state index in [2.05, 4.69) is 29.2 Å². The van der Waals surface area contributed by atoms with Gasteiger partial charge in [0.25, 0.3) is 0 Å². The van der Waals surface area contributed by atoms with Gasteiger partial charge in [0.05, 0.1) is 6.61 Å². The molecule has 0 aliphatic carbocycles. The number of likely N-dealkylation sites (tertiary alicyclic amines) is 1. The first-order valence-electron chi connectivity index (χ1n) is 5.82. The largest absolute Gasteiger partial charge is 0.383 e. The Morgan fingerprint density at radius 3 is 2.81 bits per heavy atom. The zero-order valence-corrected chi connectivity index (χ0v) is 9.80. The van der Waals surface area contributed by atoms with E-state index in [1.165, 1.54) is 5.56 Å². The van der Waals surface area contributed by atoms with Crippen molar-refractivity contribution in [2.24, 2.45) is 5.73 Å². The third-order valence-electron chi connectivity index (χ3n) is 3.15. The first kappa shape index (κ1) is 11.6. The van der Waals surface area contributed by atoms with E-state index in [1.54, 1.807) is 7.11 Å². The summed E-state index contributed by atoms with van der Waals surface area (Å²) in [6.45, 7) is 2.73. The summed E-state index contributed by atoms with van der Waals surface area (Å²) in [5, 5.41) is 0. The van der Waals surface area contributed by atoms with Crippen LogP contribution in [0.5, 0.6) is 0 Å². The summed E-state index contributed by atoms with van der Waals surface area (Å²) in [5.74, 6) is 0. The van der Waals surface area contributed by atoms with Crippen LogP contribution in [0.4, 0.5) is 0 Å². The van der Waals surface area contributed by atoms with E-state index in [0.717, 1.165) is 26.1 Å². The Morgan fingerprint density at radius 1 is 1.38 bits per heavy atom. The third kappa shape index (κ3) is 2.82. The van der Waals surface area contributed by atoms with Crippen LogP contribution in [0.2, 0.25) is 0 Å². The van der Waals surface area contributed by atoms with Crippen LogP contribution >= 0.6 is 0 Å². The molecule has 88 valence electrons. The summed E-state index contributed by atoms with van der Waals surface area (Å²) < 4.78 is 5.24. The average Bonchev–Trinajstić information content (AvgIpc) is 2.61. The maximum atomic E-state index is 6.00. The van der Waals surface area contributed by atoms with Gasteiger partial charge in [-0.15, -0.1) is 0 Å². The van der Waals surface area contributed by atoms with Crippen LogP contribution in [0, 0.1) is 0 Å². The minimum absolute atomic E-state index is 0.295. The molecule has 1 saturated heterocycles. The molecule has 0 bridgehead atoms. The van der Waals surface area contributed by atoms with Crippen LogP contribution < -0.4 is 5.73 Å². The van der Waals surface area contributed by atoms with E-state index in [1.807, 2.05) is 6.07 Å². The molecule has 1 aromatic carbocycles. The molecule has 0 unspecified atom stereocenters. The molecule has 0 aromatic heterocycles. The molecule has 1 aliphatic heterocycles. The number of methoxy groups -OCH3 is 1. The van der Waals surface area contributed by atoms with Crippen LogP contribution in [0.25, 0.3) is 0 Å². The Bertz CT molecular complexity index is 315. The fraction of sp³-hybridized carbons (Fsp3) is 0.538. The normalized spacial score (nSPS) is 26.1. The SMILES string of the molecule is COC[C@H]1C[C@H](N)CN1Cc1ccccc1. The minimum atomic E-state index is 0.295. The van der Waals surface area contributed by atoms with Crippen molar-refractivity contribution in [2.75, 3.05) is 20.3 Å². The maximum Gasteiger partial charge on any atom is 0.0618 e. The van der Waals surface area contributed by atoms with Crippen molar-refractivity contribution in [1.29, 1.82) is 0 Å².